The third kappa shape index (κ3) is 3.40. The fourth-order valence-electron chi connectivity index (χ4n) is 3.00. The molecule has 0 amide bonds. The topological polar surface area (TPSA) is 24.9 Å². The van der Waals surface area contributed by atoms with Gasteiger partial charge in [0.15, 0.2) is 10.8 Å². The number of alkyl halides is 3. The van der Waals surface area contributed by atoms with Crippen LogP contribution >= 0.6 is 11.3 Å². The predicted octanol–water partition coefficient (Wildman–Crippen LogP) is 7.03. The molecule has 6 heteroatoms. The summed E-state index contributed by atoms with van der Waals surface area (Å²) in [6, 6.07) is 20.2. The molecular formula is C21H15F3N2S. The molecule has 0 atom stereocenters. The van der Waals surface area contributed by atoms with Gasteiger partial charge in [-0.2, -0.15) is 13.2 Å². The molecule has 0 radical (unpaired) electrons. The van der Waals surface area contributed by atoms with E-state index < -0.39 is 11.9 Å². The van der Waals surface area contributed by atoms with Gasteiger partial charge >= 0.3 is 6.18 Å². The first-order chi connectivity index (χ1) is 12.9. The largest absolute Gasteiger partial charge is 0.434 e. The Hall–Kier alpha value is -2.86. The van der Waals surface area contributed by atoms with Gasteiger partial charge in [-0.25, -0.2) is 4.98 Å². The third-order valence-electron chi connectivity index (χ3n) is 4.32. The van der Waals surface area contributed by atoms with Crippen LogP contribution in [0.25, 0.3) is 21.2 Å². The second kappa shape index (κ2) is 6.70. The zero-order chi connectivity index (χ0) is 19.0. The Morgan fingerprint density at radius 3 is 2.37 bits per heavy atom. The number of nitrogens with one attached hydrogen (secondary N) is 1. The van der Waals surface area contributed by atoms with Crippen molar-refractivity contribution in [2.24, 2.45) is 0 Å². The number of para-hydroxylation sites is 1. The first kappa shape index (κ1) is 17.5. The summed E-state index contributed by atoms with van der Waals surface area (Å²) in [4.78, 5) is 4.00. The second-order valence-corrected chi connectivity index (χ2v) is 7.16. The highest BCUT2D eigenvalue weighted by Gasteiger charge is 2.38. The minimum atomic E-state index is -4.53. The number of thiazole rings is 1. The smallest absolute Gasteiger partial charge is 0.331 e. The van der Waals surface area contributed by atoms with E-state index >= 15 is 0 Å². The normalized spacial score (nSPS) is 11.7. The number of aryl methyl sites for hydroxylation is 1. The number of aromatic nitrogens is 1. The van der Waals surface area contributed by atoms with Crippen molar-refractivity contribution < 1.29 is 13.2 Å². The standard InChI is InChI=1S/C21H15F3N2S/c1-13-7-2-5-12-17(13)25-20-26-19(21(22,23)24)18(27-20)16-11-6-9-14-8-3-4-10-15(14)16/h2-12H,1H3,(H,25,26). The van der Waals surface area contributed by atoms with Crippen LogP contribution in [0.15, 0.2) is 66.7 Å². The molecule has 1 aromatic heterocycles. The van der Waals surface area contributed by atoms with E-state index in [4.69, 9.17) is 0 Å². The zero-order valence-electron chi connectivity index (χ0n) is 14.3. The summed E-state index contributed by atoms with van der Waals surface area (Å²) in [5, 5.41) is 4.92. The van der Waals surface area contributed by atoms with E-state index in [-0.39, 0.29) is 10.0 Å². The fraction of sp³-hybridized carbons (Fsp3) is 0.0952. The van der Waals surface area contributed by atoms with Crippen LogP contribution in [0.5, 0.6) is 0 Å². The van der Waals surface area contributed by atoms with Crippen molar-refractivity contribution in [1.29, 1.82) is 0 Å². The minimum Gasteiger partial charge on any atom is -0.331 e. The maximum absolute atomic E-state index is 13.7. The summed E-state index contributed by atoms with van der Waals surface area (Å²) in [6.45, 7) is 1.90. The summed E-state index contributed by atoms with van der Waals surface area (Å²) in [6.07, 6.45) is -4.53. The van der Waals surface area contributed by atoms with Crippen molar-refractivity contribution in [3.8, 4) is 10.4 Å². The molecule has 0 saturated carbocycles. The number of nitrogens with zero attached hydrogens (tertiary/aromatic N) is 1. The molecule has 0 aliphatic carbocycles. The highest BCUT2D eigenvalue weighted by atomic mass is 32.1. The lowest BCUT2D eigenvalue weighted by Gasteiger charge is -2.08. The van der Waals surface area contributed by atoms with Crippen LogP contribution in [-0.4, -0.2) is 4.98 Å². The Morgan fingerprint density at radius 1 is 0.889 bits per heavy atom. The molecule has 136 valence electrons. The van der Waals surface area contributed by atoms with Gasteiger partial charge in [0.2, 0.25) is 0 Å². The van der Waals surface area contributed by atoms with Crippen molar-refractivity contribution in [2.75, 3.05) is 5.32 Å². The highest BCUT2D eigenvalue weighted by molar-refractivity contribution is 7.19. The van der Waals surface area contributed by atoms with E-state index in [1.165, 1.54) is 0 Å². The van der Waals surface area contributed by atoms with Gasteiger partial charge in [-0.1, -0.05) is 72.0 Å². The van der Waals surface area contributed by atoms with E-state index in [2.05, 4.69) is 10.3 Å². The van der Waals surface area contributed by atoms with Crippen LogP contribution in [0.3, 0.4) is 0 Å². The van der Waals surface area contributed by atoms with Crippen LogP contribution in [0, 0.1) is 6.92 Å². The zero-order valence-corrected chi connectivity index (χ0v) is 15.2. The Morgan fingerprint density at radius 2 is 1.59 bits per heavy atom. The average molecular weight is 384 g/mol. The summed E-state index contributed by atoms with van der Waals surface area (Å²) < 4.78 is 41.0. The summed E-state index contributed by atoms with van der Waals surface area (Å²) in [5.74, 6) is 0. The molecular weight excluding hydrogens is 369 g/mol. The molecule has 4 aromatic rings. The Kier molecular flexibility index (Phi) is 4.36. The fourth-order valence-corrected chi connectivity index (χ4v) is 4.04. The molecule has 1 N–H and O–H groups in total. The van der Waals surface area contributed by atoms with Crippen molar-refractivity contribution in [3.05, 3.63) is 78.0 Å². The first-order valence-corrected chi connectivity index (χ1v) is 9.14. The van der Waals surface area contributed by atoms with Crippen LogP contribution in [0.4, 0.5) is 24.0 Å². The number of hydrogen-bond donors (Lipinski definition) is 1. The molecule has 4 rings (SSSR count). The van der Waals surface area contributed by atoms with E-state index in [1.807, 2.05) is 61.5 Å². The minimum absolute atomic E-state index is 0.121. The van der Waals surface area contributed by atoms with Gasteiger partial charge in [-0.3, -0.25) is 0 Å². The van der Waals surface area contributed by atoms with Gasteiger partial charge < -0.3 is 5.32 Å². The molecule has 0 aliphatic rings. The van der Waals surface area contributed by atoms with E-state index in [9.17, 15) is 13.2 Å². The van der Waals surface area contributed by atoms with Crippen molar-refractivity contribution in [3.63, 3.8) is 0 Å². The predicted molar refractivity (Wildman–Crippen MR) is 105 cm³/mol. The molecule has 0 fully saturated rings. The number of rotatable bonds is 3. The second-order valence-electron chi connectivity index (χ2n) is 6.16. The van der Waals surface area contributed by atoms with Gasteiger partial charge in [0.1, 0.15) is 0 Å². The van der Waals surface area contributed by atoms with Crippen LogP contribution in [0.2, 0.25) is 0 Å². The Bertz CT molecular complexity index is 1110. The van der Waals surface area contributed by atoms with Gasteiger partial charge in [-0.15, -0.1) is 0 Å². The average Bonchev–Trinajstić information content (AvgIpc) is 3.07. The van der Waals surface area contributed by atoms with Crippen LogP contribution in [0.1, 0.15) is 11.3 Å². The molecule has 2 nitrogen and oxygen atoms in total. The summed E-state index contributed by atoms with van der Waals surface area (Å²) in [7, 11) is 0. The van der Waals surface area contributed by atoms with Crippen molar-refractivity contribution >= 4 is 32.9 Å². The van der Waals surface area contributed by atoms with E-state index in [0.29, 0.717) is 5.56 Å². The van der Waals surface area contributed by atoms with Crippen molar-refractivity contribution in [2.45, 2.75) is 13.1 Å². The number of benzene rings is 3. The lowest BCUT2D eigenvalue weighted by Crippen LogP contribution is -2.07. The third-order valence-corrected chi connectivity index (χ3v) is 5.32. The summed E-state index contributed by atoms with van der Waals surface area (Å²) in [5.41, 5.74) is 1.35. The molecule has 0 spiro atoms. The van der Waals surface area contributed by atoms with E-state index in [1.54, 1.807) is 12.1 Å². The number of anilines is 2. The molecule has 0 aliphatic heterocycles. The monoisotopic (exact) mass is 384 g/mol. The number of hydrogen-bond acceptors (Lipinski definition) is 3. The molecule has 27 heavy (non-hydrogen) atoms. The van der Waals surface area contributed by atoms with Crippen LogP contribution in [-0.2, 0) is 6.18 Å². The molecule has 1 heterocycles. The number of fused-ring (bicyclic) bond motifs is 1. The molecule has 0 unspecified atom stereocenters. The highest BCUT2D eigenvalue weighted by Crippen LogP contribution is 2.44. The van der Waals surface area contributed by atoms with Crippen molar-refractivity contribution in [1.82, 2.24) is 4.98 Å². The summed E-state index contributed by atoms with van der Waals surface area (Å²) >= 11 is 1.02. The molecule has 0 bridgehead atoms. The Labute approximate surface area is 158 Å². The number of halogens is 3. The Balaban J connectivity index is 1.87. The van der Waals surface area contributed by atoms with Crippen LogP contribution < -0.4 is 5.32 Å². The lowest BCUT2D eigenvalue weighted by atomic mass is 10.0. The maximum Gasteiger partial charge on any atom is 0.434 e. The quantitative estimate of drug-likeness (QED) is 0.410. The SMILES string of the molecule is Cc1ccccc1Nc1nc(C(F)(F)F)c(-c2cccc3ccccc23)s1. The van der Waals surface area contributed by atoms with Gasteiger partial charge in [0, 0.05) is 11.3 Å². The van der Waals surface area contributed by atoms with Gasteiger partial charge in [0.25, 0.3) is 0 Å². The van der Waals surface area contributed by atoms with Gasteiger partial charge in [0.05, 0.1) is 4.88 Å². The molecule has 3 aromatic carbocycles. The molecule has 0 saturated heterocycles. The lowest BCUT2D eigenvalue weighted by molar-refractivity contribution is -0.140. The van der Waals surface area contributed by atoms with E-state index in [0.717, 1.165) is 33.4 Å². The van der Waals surface area contributed by atoms with Gasteiger partial charge in [-0.05, 0) is 29.3 Å². The maximum atomic E-state index is 13.7. The first-order valence-electron chi connectivity index (χ1n) is 8.32.